The first kappa shape index (κ1) is 15.4. The Hall–Kier alpha value is -1.00. The standard InChI is InChI=1S/C16H24N2OS/c1-12-7-8-14(20-4)10-15(12)16(19)18-9-5-6-13(11-18)17(2)3/h7-8,10,13H,5-6,9,11H2,1-4H3. The molecule has 0 radical (unpaired) electrons. The van der Waals surface area contributed by atoms with Crippen LogP contribution in [0.1, 0.15) is 28.8 Å². The minimum absolute atomic E-state index is 0.185. The lowest BCUT2D eigenvalue weighted by atomic mass is 10.0. The lowest BCUT2D eigenvalue weighted by Gasteiger charge is -2.36. The number of hydrogen-bond acceptors (Lipinski definition) is 3. The molecule has 1 aromatic rings. The predicted octanol–water partition coefficient (Wildman–Crippen LogP) is 2.88. The van der Waals surface area contributed by atoms with Crippen molar-refractivity contribution in [1.29, 1.82) is 0 Å². The van der Waals surface area contributed by atoms with Gasteiger partial charge in [-0.2, -0.15) is 0 Å². The van der Waals surface area contributed by atoms with E-state index in [1.54, 1.807) is 11.8 Å². The van der Waals surface area contributed by atoms with E-state index in [0.29, 0.717) is 6.04 Å². The van der Waals surface area contributed by atoms with Crippen LogP contribution in [0.15, 0.2) is 23.1 Å². The number of hydrogen-bond donors (Lipinski definition) is 0. The number of carbonyl (C=O) groups excluding carboxylic acids is 1. The zero-order chi connectivity index (χ0) is 14.7. The molecule has 0 spiro atoms. The maximum absolute atomic E-state index is 12.8. The van der Waals surface area contributed by atoms with Gasteiger partial charge < -0.3 is 9.80 Å². The van der Waals surface area contributed by atoms with E-state index < -0.39 is 0 Å². The van der Waals surface area contributed by atoms with Crippen LogP contribution >= 0.6 is 11.8 Å². The molecule has 0 aliphatic carbocycles. The molecule has 0 N–H and O–H groups in total. The van der Waals surface area contributed by atoms with Gasteiger partial charge in [-0.25, -0.2) is 0 Å². The van der Waals surface area contributed by atoms with Crippen molar-refractivity contribution in [2.24, 2.45) is 0 Å². The predicted molar refractivity (Wildman–Crippen MR) is 85.6 cm³/mol. The van der Waals surface area contributed by atoms with Gasteiger partial charge in [0.1, 0.15) is 0 Å². The number of rotatable bonds is 3. The molecule has 0 bridgehead atoms. The van der Waals surface area contributed by atoms with Gasteiger partial charge in [-0.15, -0.1) is 11.8 Å². The van der Waals surface area contributed by atoms with Crippen LogP contribution in [0.25, 0.3) is 0 Å². The monoisotopic (exact) mass is 292 g/mol. The molecule has 2 rings (SSSR count). The van der Waals surface area contributed by atoms with E-state index in [4.69, 9.17) is 0 Å². The fraction of sp³-hybridized carbons (Fsp3) is 0.562. The highest BCUT2D eigenvalue weighted by Crippen LogP contribution is 2.22. The maximum atomic E-state index is 12.8. The van der Waals surface area contributed by atoms with E-state index in [1.807, 2.05) is 30.2 Å². The molecule has 1 aliphatic heterocycles. The summed E-state index contributed by atoms with van der Waals surface area (Å²) < 4.78 is 0. The summed E-state index contributed by atoms with van der Waals surface area (Å²) in [6.07, 6.45) is 4.32. The first-order valence-electron chi connectivity index (χ1n) is 7.13. The van der Waals surface area contributed by atoms with Crippen molar-refractivity contribution in [3.63, 3.8) is 0 Å². The number of likely N-dealkylation sites (N-methyl/N-ethyl adjacent to an activating group) is 1. The van der Waals surface area contributed by atoms with E-state index in [1.165, 1.54) is 6.42 Å². The normalized spacial score (nSPS) is 19.4. The molecule has 110 valence electrons. The molecule has 1 fully saturated rings. The lowest BCUT2D eigenvalue weighted by Crippen LogP contribution is -2.47. The molecule has 4 heteroatoms. The Morgan fingerprint density at radius 2 is 2.15 bits per heavy atom. The van der Waals surface area contributed by atoms with Crippen molar-refractivity contribution in [2.75, 3.05) is 33.4 Å². The Morgan fingerprint density at radius 1 is 1.40 bits per heavy atom. The molecule has 0 saturated carbocycles. The molecular weight excluding hydrogens is 268 g/mol. The summed E-state index contributed by atoms with van der Waals surface area (Å²) in [5, 5.41) is 0. The second-order valence-electron chi connectivity index (χ2n) is 5.69. The first-order chi connectivity index (χ1) is 9.52. The van der Waals surface area contributed by atoms with Crippen molar-refractivity contribution in [3.8, 4) is 0 Å². The molecule has 1 heterocycles. The maximum Gasteiger partial charge on any atom is 0.254 e. The third-order valence-corrected chi connectivity index (χ3v) is 4.81. The number of piperidine rings is 1. The Labute approximate surface area is 126 Å². The van der Waals surface area contributed by atoms with Gasteiger partial charge in [0, 0.05) is 29.6 Å². The summed E-state index contributed by atoms with van der Waals surface area (Å²) in [6, 6.07) is 6.64. The minimum atomic E-state index is 0.185. The van der Waals surface area contributed by atoms with Crippen LogP contribution in [0.3, 0.4) is 0 Å². The third kappa shape index (κ3) is 3.36. The molecular formula is C16H24N2OS. The number of likely N-dealkylation sites (tertiary alicyclic amines) is 1. The van der Waals surface area contributed by atoms with Crippen LogP contribution in [0.4, 0.5) is 0 Å². The molecule has 3 nitrogen and oxygen atoms in total. The molecule has 1 atom stereocenters. The van der Waals surface area contributed by atoms with Crippen LogP contribution in [0, 0.1) is 6.92 Å². The van der Waals surface area contributed by atoms with Crippen molar-refractivity contribution < 1.29 is 4.79 Å². The Balaban J connectivity index is 2.18. The zero-order valence-electron chi connectivity index (χ0n) is 12.8. The molecule has 0 aromatic heterocycles. The van der Waals surface area contributed by atoms with E-state index in [-0.39, 0.29) is 5.91 Å². The zero-order valence-corrected chi connectivity index (χ0v) is 13.7. The van der Waals surface area contributed by atoms with E-state index in [2.05, 4.69) is 25.1 Å². The second kappa shape index (κ2) is 6.64. The highest BCUT2D eigenvalue weighted by Gasteiger charge is 2.26. The fourth-order valence-corrected chi connectivity index (χ4v) is 3.13. The van der Waals surface area contributed by atoms with Gasteiger partial charge in [0.25, 0.3) is 5.91 Å². The topological polar surface area (TPSA) is 23.6 Å². The van der Waals surface area contributed by atoms with Crippen molar-refractivity contribution in [3.05, 3.63) is 29.3 Å². The van der Waals surface area contributed by atoms with Crippen LogP contribution < -0.4 is 0 Å². The molecule has 1 aromatic carbocycles. The summed E-state index contributed by atoms with van der Waals surface area (Å²) in [4.78, 5) is 18.1. The molecule has 1 amide bonds. The Morgan fingerprint density at radius 3 is 2.80 bits per heavy atom. The van der Waals surface area contributed by atoms with Gasteiger partial charge in [0.15, 0.2) is 0 Å². The van der Waals surface area contributed by atoms with Gasteiger partial charge in [-0.1, -0.05) is 6.07 Å². The highest BCUT2D eigenvalue weighted by molar-refractivity contribution is 7.98. The molecule has 1 saturated heterocycles. The number of nitrogens with zero attached hydrogens (tertiary/aromatic N) is 2. The average molecular weight is 292 g/mol. The second-order valence-corrected chi connectivity index (χ2v) is 6.57. The largest absolute Gasteiger partial charge is 0.337 e. The van der Waals surface area contributed by atoms with Crippen LogP contribution in [0.2, 0.25) is 0 Å². The lowest BCUT2D eigenvalue weighted by molar-refractivity contribution is 0.0634. The summed E-state index contributed by atoms with van der Waals surface area (Å²) in [6.45, 7) is 3.74. The highest BCUT2D eigenvalue weighted by atomic mass is 32.2. The van der Waals surface area contributed by atoms with Gasteiger partial charge in [0.2, 0.25) is 0 Å². The van der Waals surface area contributed by atoms with Gasteiger partial charge in [-0.05, 0) is 57.8 Å². The van der Waals surface area contributed by atoms with Crippen molar-refractivity contribution in [2.45, 2.75) is 30.7 Å². The third-order valence-electron chi connectivity index (χ3n) is 4.09. The Kier molecular flexibility index (Phi) is 5.11. The van der Waals surface area contributed by atoms with Crippen LogP contribution in [-0.4, -0.2) is 55.2 Å². The van der Waals surface area contributed by atoms with Crippen molar-refractivity contribution in [1.82, 2.24) is 9.80 Å². The number of amides is 1. The van der Waals surface area contributed by atoms with Gasteiger partial charge in [0.05, 0.1) is 0 Å². The Bertz CT molecular complexity index is 487. The summed E-state index contributed by atoms with van der Waals surface area (Å²) in [7, 11) is 4.19. The van der Waals surface area contributed by atoms with Crippen LogP contribution in [-0.2, 0) is 0 Å². The number of benzene rings is 1. The first-order valence-corrected chi connectivity index (χ1v) is 8.35. The molecule has 20 heavy (non-hydrogen) atoms. The number of carbonyl (C=O) groups is 1. The molecule has 1 aliphatic rings. The summed E-state index contributed by atoms with van der Waals surface area (Å²) >= 11 is 1.68. The number of thioether (sulfide) groups is 1. The molecule has 1 unspecified atom stereocenters. The van der Waals surface area contributed by atoms with E-state index in [0.717, 1.165) is 35.5 Å². The minimum Gasteiger partial charge on any atom is -0.337 e. The quantitative estimate of drug-likeness (QED) is 0.800. The number of aryl methyl sites for hydroxylation is 1. The van der Waals surface area contributed by atoms with Crippen LogP contribution in [0.5, 0.6) is 0 Å². The van der Waals surface area contributed by atoms with Crippen molar-refractivity contribution >= 4 is 17.7 Å². The summed E-state index contributed by atoms with van der Waals surface area (Å²) in [5.41, 5.74) is 1.93. The van der Waals surface area contributed by atoms with Gasteiger partial charge in [-0.3, -0.25) is 4.79 Å². The van der Waals surface area contributed by atoms with E-state index in [9.17, 15) is 4.79 Å². The summed E-state index contributed by atoms with van der Waals surface area (Å²) in [5.74, 6) is 0.185. The SMILES string of the molecule is CSc1ccc(C)c(C(=O)N2CCCC(N(C)C)C2)c1. The van der Waals surface area contributed by atoms with Gasteiger partial charge >= 0.3 is 0 Å². The average Bonchev–Trinajstić information content (AvgIpc) is 2.47. The van der Waals surface area contributed by atoms with E-state index >= 15 is 0 Å². The fourth-order valence-electron chi connectivity index (χ4n) is 2.69. The smallest absolute Gasteiger partial charge is 0.254 e.